The molecule has 1 aliphatic rings. The van der Waals surface area contributed by atoms with Crippen LogP contribution in [0.4, 0.5) is 23.2 Å². The van der Waals surface area contributed by atoms with Crippen LogP contribution in [0, 0.1) is 23.3 Å². The quantitative estimate of drug-likeness (QED) is 0.526. The van der Waals surface area contributed by atoms with Gasteiger partial charge in [-0.15, -0.1) is 0 Å². The Morgan fingerprint density at radius 1 is 1.06 bits per heavy atom. The monoisotopic (exact) mass is 463 g/mol. The molecular weight excluding hydrogens is 438 g/mol. The summed E-state index contributed by atoms with van der Waals surface area (Å²) in [5, 5.41) is 19.0. The minimum atomic E-state index is -1.74. The maximum atomic E-state index is 14.7. The van der Waals surface area contributed by atoms with Gasteiger partial charge < -0.3 is 15.3 Å². The van der Waals surface area contributed by atoms with Gasteiger partial charge in [0, 0.05) is 42.9 Å². The van der Waals surface area contributed by atoms with Gasteiger partial charge in [0.05, 0.1) is 12.2 Å². The lowest BCUT2D eigenvalue weighted by Gasteiger charge is -2.40. The van der Waals surface area contributed by atoms with Gasteiger partial charge in [-0.3, -0.25) is 0 Å². The Morgan fingerprint density at radius 3 is 2.33 bits per heavy atom. The van der Waals surface area contributed by atoms with Crippen molar-refractivity contribution >= 4 is 5.69 Å². The first-order valence-corrected chi connectivity index (χ1v) is 10.7. The summed E-state index contributed by atoms with van der Waals surface area (Å²) in [7, 11) is 0. The Bertz CT molecular complexity index is 1090. The van der Waals surface area contributed by atoms with E-state index in [9.17, 15) is 22.7 Å². The van der Waals surface area contributed by atoms with Crippen LogP contribution < -0.4 is 10.2 Å². The second kappa shape index (κ2) is 9.48. The van der Waals surface area contributed by atoms with Gasteiger partial charge in [-0.05, 0) is 38.0 Å². The summed E-state index contributed by atoms with van der Waals surface area (Å²) in [4.78, 5) is 5.71. The van der Waals surface area contributed by atoms with E-state index in [2.05, 4.69) is 15.4 Å². The number of halogens is 4. The molecule has 0 amide bonds. The maximum Gasteiger partial charge on any atom is 0.149 e. The van der Waals surface area contributed by atoms with Crippen LogP contribution in [0.5, 0.6) is 0 Å². The summed E-state index contributed by atoms with van der Waals surface area (Å²) in [6.45, 7) is 2.69. The SMILES string of the molecule is C[C@@H](NC1CCN(c2ccc(F)cc2F)CC1)[C@](O)(Cn1cncn1)c1ccc(F)cc1F. The average Bonchev–Trinajstić information content (AvgIpc) is 3.27. The Hall–Kier alpha value is -2.98. The number of nitrogens with zero attached hydrogens (tertiary/aromatic N) is 4. The minimum Gasteiger partial charge on any atom is -0.381 e. The number of aliphatic hydroxyl groups is 1. The molecule has 2 aromatic carbocycles. The Kier molecular flexibility index (Phi) is 6.66. The number of piperidine rings is 1. The Morgan fingerprint density at radius 2 is 1.73 bits per heavy atom. The summed E-state index contributed by atoms with van der Waals surface area (Å²) in [5.41, 5.74) is -1.45. The highest BCUT2D eigenvalue weighted by Gasteiger charge is 2.40. The lowest BCUT2D eigenvalue weighted by atomic mass is 9.85. The third-order valence-corrected chi connectivity index (χ3v) is 6.21. The first-order chi connectivity index (χ1) is 15.8. The summed E-state index contributed by atoms with van der Waals surface area (Å²) >= 11 is 0. The number of benzene rings is 2. The zero-order valence-electron chi connectivity index (χ0n) is 18.1. The van der Waals surface area contributed by atoms with Crippen molar-refractivity contribution in [2.75, 3.05) is 18.0 Å². The normalized spacial score (nSPS) is 17.7. The highest BCUT2D eigenvalue weighted by atomic mass is 19.1. The zero-order valence-corrected chi connectivity index (χ0v) is 18.1. The molecular formula is C23H25F4N5O. The molecule has 6 nitrogen and oxygen atoms in total. The molecule has 176 valence electrons. The summed E-state index contributed by atoms with van der Waals surface area (Å²) in [6.07, 6.45) is 3.98. The number of rotatable bonds is 7. The fraction of sp³-hybridized carbons (Fsp3) is 0.391. The molecule has 10 heteroatoms. The van der Waals surface area contributed by atoms with Gasteiger partial charge in [0.1, 0.15) is 41.5 Å². The van der Waals surface area contributed by atoms with Crippen LogP contribution in [0.1, 0.15) is 25.3 Å². The number of nitrogens with one attached hydrogen (secondary N) is 1. The van der Waals surface area contributed by atoms with Crippen LogP contribution in [-0.2, 0) is 12.1 Å². The van der Waals surface area contributed by atoms with Crippen molar-refractivity contribution in [1.29, 1.82) is 0 Å². The van der Waals surface area contributed by atoms with Crippen LogP contribution in [0.25, 0.3) is 0 Å². The predicted molar refractivity (Wildman–Crippen MR) is 114 cm³/mol. The van der Waals surface area contributed by atoms with Crippen molar-refractivity contribution in [3.05, 3.63) is 77.9 Å². The molecule has 0 unspecified atom stereocenters. The van der Waals surface area contributed by atoms with Crippen LogP contribution >= 0.6 is 0 Å². The molecule has 2 heterocycles. The molecule has 0 spiro atoms. The second-order valence-electron chi connectivity index (χ2n) is 8.39. The fourth-order valence-corrected chi connectivity index (χ4v) is 4.37. The zero-order chi connectivity index (χ0) is 23.6. The van der Waals surface area contributed by atoms with E-state index in [4.69, 9.17) is 0 Å². The largest absolute Gasteiger partial charge is 0.381 e. The number of aromatic nitrogens is 3. The van der Waals surface area contributed by atoms with Gasteiger partial charge in [-0.25, -0.2) is 27.2 Å². The van der Waals surface area contributed by atoms with E-state index in [0.29, 0.717) is 31.6 Å². The maximum absolute atomic E-state index is 14.7. The van der Waals surface area contributed by atoms with E-state index in [1.165, 1.54) is 35.5 Å². The van der Waals surface area contributed by atoms with Crippen molar-refractivity contribution in [3.63, 3.8) is 0 Å². The smallest absolute Gasteiger partial charge is 0.149 e. The van der Waals surface area contributed by atoms with E-state index in [-0.39, 0.29) is 18.2 Å². The van der Waals surface area contributed by atoms with Gasteiger partial charge in [-0.1, -0.05) is 6.07 Å². The molecule has 2 N–H and O–H groups in total. The lowest BCUT2D eigenvalue weighted by Crippen LogP contribution is -2.55. The van der Waals surface area contributed by atoms with Crippen LogP contribution in [0.15, 0.2) is 49.1 Å². The van der Waals surface area contributed by atoms with Gasteiger partial charge in [0.15, 0.2) is 0 Å². The molecule has 0 radical (unpaired) electrons. The topological polar surface area (TPSA) is 66.2 Å². The average molecular weight is 463 g/mol. The number of anilines is 1. The Balaban J connectivity index is 1.49. The van der Waals surface area contributed by atoms with E-state index < -0.39 is 34.9 Å². The van der Waals surface area contributed by atoms with Crippen LogP contribution in [-0.4, -0.2) is 45.0 Å². The molecule has 4 rings (SSSR count). The molecule has 0 bridgehead atoms. The van der Waals surface area contributed by atoms with E-state index >= 15 is 0 Å². The molecule has 1 fully saturated rings. The molecule has 3 aromatic rings. The van der Waals surface area contributed by atoms with Crippen LogP contribution in [0.3, 0.4) is 0 Å². The fourth-order valence-electron chi connectivity index (χ4n) is 4.37. The van der Waals surface area contributed by atoms with Crippen molar-refractivity contribution in [2.45, 2.75) is 44.0 Å². The summed E-state index contributed by atoms with van der Waals surface area (Å²) in [6, 6.07) is 5.92. The van der Waals surface area contributed by atoms with Gasteiger partial charge in [0.2, 0.25) is 0 Å². The highest BCUT2D eigenvalue weighted by molar-refractivity contribution is 5.48. The molecule has 1 aromatic heterocycles. The van der Waals surface area contributed by atoms with Crippen molar-refractivity contribution in [3.8, 4) is 0 Å². The molecule has 1 aliphatic heterocycles. The minimum absolute atomic E-state index is 0.0365. The van der Waals surface area contributed by atoms with E-state index in [0.717, 1.165) is 18.2 Å². The molecule has 1 saturated heterocycles. The van der Waals surface area contributed by atoms with Crippen molar-refractivity contribution < 1.29 is 22.7 Å². The first-order valence-electron chi connectivity index (χ1n) is 10.7. The summed E-state index contributed by atoms with van der Waals surface area (Å²) < 4.78 is 56.9. The van der Waals surface area contributed by atoms with E-state index in [1.54, 1.807) is 6.92 Å². The molecule has 33 heavy (non-hydrogen) atoms. The Labute approximate surface area is 188 Å². The van der Waals surface area contributed by atoms with Gasteiger partial charge in [0.25, 0.3) is 0 Å². The second-order valence-corrected chi connectivity index (χ2v) is 8.39. The highest BCUT2D eigenvalue weighted by Crippen LogP contribution is 2.31. The van der Waals surface area contributed by atoms with Crippen LogP contribution in [0.2, 0.25) is 0 Å². The van der Waals surface area contributed by atoms with E-state index in [1.807, 2.05) is 4.90 Å². The van der Waals surface area contributed by atoms with Crippen molar-refractivity contribution in [2.24, 2.45) is 0 Å². The third-order valence-electron chi connectivity index (χ3n) is 6.21. The number of hydrogen-bond acceptors (Lipinski definition) is 5. The first kappa shape index (κ1) is 23.2. The molecule has 0 aliphatic carbocycles. The van der Waals surface area contributed by atoms with Crippen molar-refractivity contribution in [1.82, 2.24) is 20.1 Å². The summed E-state index contributed by atoms with van der Waals surface area (Å²) in [5.74, 6) is -2.82. The van der Waals surface area contributed by atoms with Gasteiger partial charge in [-0.2, -0.15) is 5.10 Å². The van der Waals surface area contributed by atoms with Gasteiger partial charge >= 0.3 is 0 Å². The predicted octanol–water partition coefficient (Wildman–Crippen LogP) is 3.37. The third kappa shape index (κ3) is 5.01. The standard InChI is InChI=1S/C23H25F4N5O/c1-15(30-18-6-8-31(9-7-18)22-5-3-17(25)11-21(22)27)23(33,12-32-14-28-13-29-32)19-4-2-16(24)10-20(19)26/h2-5,10-11,13-15,18,30,33H,6-9,12H2,1H3/t15-,23-/m1/s1. The molecule has 2 atom stereocenters. The number of hydrogen-bond donors (Lipinski definition) is 2. The molecule has 0 saturated carbocycles. The lowest BCUT2D eigenvalue weighted by molar-refractivity contribution is -0.0242.